The topological polar surface area (TPSA) is 20.2 Å². The van der Waals surface area contributed by atoms with Gasteiger partial charge in [0, 0.05) is 6.42 Å². The molecular formula is C9H12O. The second-order valence-electron chi connectivity index (χ2n) is 2.74. The first kappa shape index (κ1) is 7.29. The van der Waals surface area contributed by atoms with Gasteiger partial charge in [-0.3, -0.25) is 0 Å². The van der Waals surface area contributed by atoms with E-state index in [1.54, 1.807) is 12.2 Å². The Hall–Kier alpha value is -0.820. The Kier molecular flexibility index (Phi) is 1.77. The summed E-state index contributed by atoms with van der Waals surface area (Å²) >= 11 is 0. The van der Waals surface area contributed by atoms with Crippen LogP contribution in [0.3, 0.4) is 0 Å². The molecule has 1 atom stereocenters. The summed E-state index contributed by atoms with van der Waals surface area (Å²) in [6, 6.07) is 0. The van der Waals surface area contributed by atoms with E-state index in [0.29, 0.717) is 6.42 Å². The average molecular weight is 136 g/mol. The maximum absolute atomic E-state index is 9.60. The highest BCUT2D eigenvalue weighted by atomic mass is 16.3. The molecule has 0 saturated heterocycles. The molecule has 1 N–H and O–H groups in total. The Bertz CT molecular complexity index is 201. The minimum Gasteiger partial charge on any atom is -0.381 e. The lowest BCUT2D eigenvalue weighted by molar-refractivity contribution is 0.142. The minimum absolute atomic E-state index is 0.674. The standard InChI is InChI=1S/C9H12O/c1-3-9(10)6-4-5-8(2)7-9/h3-6,10H,1,7H2,2H3. The summed E-state index contributed by atoms with van der Waals surface area (Å²) in [7, 11) is 0. The first-order chi connectivity index (χ1) is 4.66. The molecule has 0 saturated carbocycles. The third-order valence-electron chi connectivity index (χ3n) is 1.68. The Morgan fingerprint density at radius 1 is 1.80 bits per heavy atom. The van der Waals surface area contributed by atoms with Crippen molar-refractivity contribution in [1.82, 2.24) is 0 Å². The Balaban J connectivity index is 2.80. The smallest absolute Gasteiger partial charge is 0.105 e. The highest BCUT2D eigenvalue weighted by Gasteiger charge is 2.20. The van der Waals surface area contributed by atoms with Gasteiger partial charge in [0.05, 0.1) is 0 Å². The van der Waals surface area contributed by atoms with Gasteiger partial charge in [-0.1, -0.05) is 30.4 Å². The lowest BCUT2D eigenvalue weighted by atomic mass is 9.91. The second-order valence-corrected chi connectivity index (χ2v) is 2.74. The number of hydrogen-bond acceptors (Lipinski definition) is 1. The number of hydrogen-bond donors (Lipinski definition) is 1. The van der Waals surface area contributed by atoms with Gasteiger partial charge in [0.15, 0.2) is 0 Å². The van der Waals surface area contributed by atoms with Crippen molar-refractivity contribution in [2.75, 3.05) is 0 Å². The van der Waals surface area contributed by atoms with E-state index in [-0.39, 0.29) is 0 Å². The lowest BCUT2D eigenvalue weighted by Crippen LogP contribution is -2.23. The van der Waals surface area contributed by atoms with E-state index in [1.165, 1.54) is 5.57 Å². The number of allylic oxidation sites excluding steroid dienone is 2. The molecule has 0 amide bonds. The molecule has 0 spiro atoms. The van der Waals surface area contributed by atoms with Gasteiger partial charge in [-0.25, -0.2) is 0 Å². The molecule has 0 aromatic rings. The van der Waals surface area contributed by atoms with Crippen LogP contribution in [0, 0.1) is 0 Å². The van der Waals surface area contributed by atoms with E-state index in [2.05, 4.69) is 6.58 Å². The normalized spacial score (nSPS) is 31.6. The van der Waals surface area contributed by atoms with Crippen LogP contribution in [-0.2, 0) is 0 Å². The Morgan fingerprint density at radius 2 is 2.50 bits per heavy atom. The third kappa shape index (κ3) is 1.36. The molecule has 1 aliphatic carbocycles. The van der Waals surface area contributed by atoms with E-state index < -0.39 is 5.60 Å². The molecule has 1 heteroatoms. The SMILES string of the molecule is C=CC1(O)C=CC=C(C)C1. The van der Waals surface area contributed by atoms with E-state index in [0.717, 1.165) is 0 Å². The monoisotopic (exact) mass is 136 g/mol. The van der Waals surface area contributed by atoms with E-state index in [4.69, 9.17) is 0 Å². The fourth-order valence-corrected chi connectivity index (χ4v) is 1.08. The molecule has 0 aromatic carbocycles. The summed E-state index contributed by atoms with van der Waals surface area (Å²) in [6.07, 6.45) is 7.86. The van der Waals surface area contributed by atoms with Gasteiger partial charge in [0.25, 0.3) is 0 Å². The molecular weight excluding hydrogens is 124 g/mol. The first-order valence-electron chi connectivity index (χ1n) is 3.37. The fraction of sp³-hybridized carbons (Fsp3) is 0.333. The molecule has 1 unspecified atom stereocenters. The average Bonchev–Trinajstić information content (AvgIpc) is 1.88. The van der Waals surface area contributed by atoms with Crippen molar-refractivity contribution >= 4 is 0 Å². The molecule has 0 heterocycles. The van der Waals surface area contributed by atoms with Gasteiger partial charge < -0.3 is 5.11 Å². The van der Waals surface area contributed by atoms with E-state index >= 15 is 0 Å². The maximum atomic E-state index is 9.60. The molecule has 0 fully saturated rings. The molecule has 54 valence electrons. The molecule has 1 aliphatic rings. The van der Waals surface area contributed by atoms with Crippen LogP contribution in [-0.4, -0.2) is 10.7 Å². The van der Waals surface area contributed by atoms with Crippen molar-refractivity contribution in [3.63, 3.8) is 0 Å². The van der Waals surface area contributed by atoms with Crippen molar-refractivity contribution in [2.24, 2.45) is 0 Å². The zero-order valence-electron chi connectivity index (χ0n) is 6.17. The molecule has 0 bridgehead atoms. The van der Waals surface area contributed by atoms with Gasteiger partial charge in [0.1, 0.15) is 5.60 Å². The van der Waals surface area contributed by atoms with Gasteiger partial charge in [0.2, 0.25) is 0 Å². The van der Waals surface area contributed by atoms with Gasteiger partial charge in [-0.05, 0) is 13.0 Å². The molecule has 0 aliphatic heterocycles. The quantitative estimate of drug-likeness (QED) is 0.545. The van der Waals surface area contributed by atoms with Crippen molar-refractivity contribution in [2.45, 2.75) is 18.9 Å². The lowest BCUT2D eigenvalue weighted by Gasteiger charge is -2.22. The number of aliphatic hydroxyl groups is 1. The van der Waals surface area contributed by atoms with Gasteiger partial charge >= 0.3 is 0 Å². The van der Waals surface area contributed by atoms with E-state index in [1.807, 2.05) is 19.1 Å². The van der Waals surface area contributed by atoms with Crippen LogP contribution in [0.25, 0.3) is 0 Å². The molecule has 0 radical (unpaired) electrons. The summed E-state index contributed by atoms with van der Waals surface area (Å²) in [5.41, 5.74) is 0.392. The molecule has 10 heavy (non-hydrogen) atoms. The second kappa shape index (κ2) is 2.43. The van der Waals surface area contributed by atoms with Gasteiger partial charge in [-0.15, -0.1) is 0 Å². The predicted molar refractivity (Wildman–Crippen MR) is 42.7 cm³/mol. The largest absolute Gasteiger partial charge is 0.381 e. The summed E-state index contributed by atoms with van der Waals surface area (Å²) in [5, 5.41) is 9.60. The molecule has 1 rings (SSSR count). The summed E-state index contributed by atoms with van der Waals surface area (Å²) in [5.74, 6) is 0. The third-order valence-corrected chi connectivity index (χ3v) is 1.68. The van der Waals surface area contributed by atoms with Crippen molar-refractivity contribution in [3.05, 3.63) is 36.5 Å². The van der Waals surface area contributed by atoms with Crippen LogP contribution in [0.2, 0.25) is 0 Å². The first-order valence-corrected chi connectivity index (χ1v) is 3.37. The highest BCUT2D eigenvalue weighted by Crippen LogP contribution is 2.22. The summed E-state index contributed by atoms with van der Waals surface area (Å²) in [4.78, 5) is 0. The Morgan fingerprint density at radius 3 is 2.90 bits per heavy atom. The van der Waals surface area contributed by atoms with Crippen molar-refractivity contribution in [3.8, 4) is 0 Å². The van der Waals surface area contributed by atoms with Crippen LogP contribution in [0.15, 0.2) is 36.5 Å². The van der Waals surface area contributed by atoms with Crippen LogP contribution < -0.4 is 0 Å². The zero-order valence-corrected chi connectivity index (χ0v) is 6.17. The highest BCUT2D eigenvalue weighted by molar-refractivity contribution is 5.27. The van der Waals surface area contributed by atoms with Crippen LogP contribution in [0.4, 0.5) is 0 Å². The fourth-order valence-electron chi connectivity index (χ4n) is 1.08. The molecule has 1 nitrogen and oxygen atoms in total. The summed E-state index contributed by atoms with van der Waals surface area (Å²) < 4.78 is 0. The summed E-state index contributed by atoms with van der Waals surface area (Å²) in [6.45, 7) is 5.56. The van der Waals surface area contributed by atoms with Crippen LogP contribution >= 0.6 is 0 Å². The zero-order chi connectivity index (χ0) is 7.61. The maximum Gasteiger partial charge on any atom is 0.105 e. The Labute approximate surface area is 61.4 Å². The van der Waals surface area contributed by atoms with Crippen molar-refractivity contribution in [1.29, 1.82) is 0 Å². The predicted octanol–water partition coefficient (Wildman–Crippen LogP) is 1.81. The van der Waals surface area contributed by atoms with Crippen molar-refractivity contribution < 1.29 is 5.11 Å². The van der Waals surface area contributed by atoms with Gasteiger partial charge in [-0.2, -0.15) is 0 Å². The van der Waals surface area contributed by atoms with Crippen LogP contribution in [0.1, 0.15) is 13.3 Å². The number of rotatable bonds is 1. The molecule has 0 aromatic heterocycles. The minimum atomic E-state index is -0.793. The van der Waals surface area contributed by atoms with E-state index in [9.17, 15) is 5.11 Å². The van der Waals surface area contributed by atoms with Crippen LogP contribution in [0.5, 0.6) is 0 Å².